The van der Waals surface area contributed by atoms with Gasteiger partial charge in [-0.05, 0) is 58.7 Å². The van der Waals surface area contributed by atoms with Gasteiger partial charge in [0.05, 0.1) is 53.0 Å². The number of nitrogens with zero attached hydrogens (tertiary/aromatic N) is 3. The number of fused-ring (bicyclic) bond motifs is 14. The third-order valence-corrected chi connectivity index (χ3v) is 13.7. The molecule has 350 valence electrons. The molecule has 6 N–H and O–H groups in total. The van der Waals surface area contributed by atoms with Crippen molar-refractivity contribution in [3.05, 3.63) is 52.8 Å². The summed E-state index contributed by atoms with van der Waals surface area (Å²) < 4.78 is 23.7. The number of piperidine rings is 2. The highest BCUT2D eigenvalue weighted by atomic mass is 16.7. The lowest BCUT2D eigenvalue weighted by Gasteiger charge is -2.39. The zero-order valence-electron chi connectivity index (χ0n) is 38.5. The Morgan fingerprint density at radius 1 is 0.906 bits per heavy atom. The van der Waals surface area contributed by atoms with E-state index in [1.165, 1.54) is 71.8 Å². The number of carbonyl (C=O) groups is 3. The van der Waals surface area contributed by atoms with Crippen LogP contribution in [0.5, 0.6) is 23.0 Å². The van der Waals surface area contributed by atoms with Crippen molar-refractivity contribution in [3.8, 4) is 23.0 Å². The normalized spacial score (nSPS) is 31.4. The molecule has 16 heteroatoms. The summed E-state index contributed by atoms with van der Waals surface area (Å²) in [6.45, 7) is 16.0. The number of ketones is 1. The van der Waals surface area contributed by atoms with E-state index in [0.717, 1.165) is 25.9 Å². The Balaban J connectivity index is 1.46. The first-order valence-electron chi connectivity index (χ1n) is 22.4. The van der Waals surface area contributed by atoms with Gasteiger partial charge >= 0.3 is 11.8 Å². The van der Waals surface area contributed by atoms with Gasteiger partial charge in [-0.25, -0.2) is 0 Å². The first kappa shape index (κ1) is 48.3. The minimum absolute atomic E-state index is 0.0644. The number of carbonyl (C=O) groups excluding carboxylic acids is 3. The minimum Gasteiger partial charge on any atom is -0.507 e. The molecule has 9 atom stereocenters. The van der Waals surface area contributed by atoms with E-state index in [1.807, 2.05) is 5.01 Å². The second kappa shape index (κ2) is 19.9. The molecule has 16 nitrogen and oxygen atoms in total. The largest absolute Gasteiger partial charge is 0.507 e. The van der Waals surface area contributed by atoms with Crippen LogP contribution in [0.1, 0.15) is 102 Å². The first-order valence-corrected chi connectivity index (χ1v) is 22.4. The van der Waals surface area contributed by atoms with E-state index in [4.69, 9.17) is 24.0 Å². The van der Waals surface area contributed by atoms with Crippen LogP contribution in [0.25, 0.3) is 10.8 Å². The second-order valence-corrected chi connectivity index (χ2v) is 18.1. The fraction of sp³-hybridized carbons (Fsp3) is 0.583. The molecule has 9 unspecified atom stereocenters. The van der Waals surface area contributed by atoms with Gasteiger partial charge in [0, 0.05) is 80.3 Å². The summed E-state index contributed by atoms with van der Waals surface area (Å²) in [5.41, 5.74) is -0.280. The van der Waals surface area contributed by atoms with E-state index in [0.29, 0.717) is 19.1 Å². The number of benzene rings is 2. The number of phenolic OH excluding ortho intramolecular Hbond substituents is 3. The van der Waals surface area contributed by atoms with Gasteiger partial charge in [0.1, 0.15) is 23.4 Å². The number of anilines is 1. The molecule has 5 aliphatic heterocycles. The number of nitrogens with one attached hydrogen (secondary N) is 1. The van der Waals surface area contributed by atoms with Crippen molar-refractivity contribution < 1.29 is 58.9 Å². The standard InChI is InChI=1S/C48H66N4O12/c1-25-14-13-15-26(2)47(60)50-38-33(24-49-52-21-16-32(17-22-52)51-19-11-10-12-20-51)42(57)35-36(43(38)58)41(56)30(6)45-37(35)46(59)48(8,64-45)62-23-18-34(61-9)27(3)44(63-31(7)53)29(5)40(55)28(4)39(25)54/h13-15,18,23-25,27-29,32,34,39-40,44,54-58H,10-12,16-17,19-22H2,1-9H3,(H,50,60)/b14-13+,23-18+,26-15?,49-24+. The van der Waals surface area contributed by atoms with Crippen LogP contribution in [0.4, 0.5) is 5.69 Å². The number of hydrogen-bond donors (Lipinski definition) is 6. The van der Waals surface area contributed by atoms with Gasteiger partial charge < -0.3 is 54.7 Å². The van der Waals surface area contributed by atoms with E-state index in [-0.39, 0.29) is 44.5 Å². The van der Waals surface area contributed by atoms with Gasteiger partial charge in [-0.3, -0.25) is 19.4 Å². The Kier molecular flexibility index (Phi) is 15.0. The maximum Gasteiger partial charge on any atom is 0.312 e. The summed E-state index contributed by atoms with van der Waals surface area (Å²) in [5.74, 6) is -8.27. The van der Waals surface area contributed by atoms with Crippen LogP contribution in [0.3, 0.4) is 0 Å². The van der Waals surface area contributed by atoms with Gasteiger partial charge in [-0.15, -0.1) is 0 Å². The number of methoxy groups -OCH3 is 1. The van der Waals surface area contributed by atoms with E-state index < -0.39 is 88.8 Å². The van der Waals surface area contributed by atoms with Crippen molar-refractivity contribution in [2.24, 2.45) is 28.8 Å². The predicted octanol–water partition coefficient (Wildman–Crippen LogP) is 6.04. The quantitative estimate of drug-likeness (QED) is 0.0873. The van der Waals surface area contributed by atoms with Crippen LogP contribution in [0, 0.1) is 30.6 Å². The van der Waals surface area contributed by atoms with Gasteiger partial charge in [0.25, 0.3) is 11.7 Å². The van der Waals surface area contributed by atoms with E-state index in [9.17, 15) is 39.9 Å². The zero-order chi connectivity index (χ0) is 46.8. The number of aromatic hydroxyl groups is 3. The molecule has 2 aromatic rings. The van der Waals surface area contributed by atoms with Crippen molar-refractivity contribution in [2.75, 3.05) is 38.6 Å². The fourth-order valence-electron chi connectivity index (χ4n) is 9.63. The lowest BCUT2D eigenvalue weighted by Crippen LogP contribution is -2.46. The van der Waals surface area contributed by atoms with Gasteiger partial charge in [-0.1, -0.05) is 52.3 Å². The number of aliphatic hydroxyl groups is 2. The maximum absolute atomic E-state index is 14.6. The highest BCUT2D eigenvalue weighted by Crippen LogP contribution is 2.55. The molecule has 5 aliphatic rings. The number of amides is 1. The lowest BCUT2D eigenvalue weighted by molar-refractivity contribution is -0.160. The Bertz CT molecular complexity index is 2210. The van der Waals surface area contributed by atoms with Crippen LogP contribution in [-0.4, -0.2) is 129 Å². The summed E-state index contributed by atoms with van der Waals surface area (Å²) >= 11 is 0. The molecule has 2 aromatic carbocycles. The fourth-order valence-corrected chi connectivity index (χ4v) is 9.63. The van der Waals surface area contributed by atoms with Gasteiger partial charge in [-0.2, -0.15) is 5.10 Å². The summed E-state index contributed by atoms with van der Waals surface area (Å²) in [7, 11) is 1.44. The summed E-state index contributed by atoms with van der Waals surface area (Å²) in [5, 5.41) is 67.7. The number of esters is 1. The molecule has 5 bridgehead atoms. The van der Waals surface area contributed by atoms with Crippen molar-refractivity contribution in [1.29, 1.82) is 0 Å². The molecular weight excluding hydrogens is 825 g/mol. The second-order valence-electron chi connectivity index (χ2n) is 18.1. The molecule has 0 spiro atoms. The molecule has 7 rings (SSSR count). The van der Waals surface area contributed by atoms with Crippen molar-refractivity contribution >= 4 is 40.3 Å². The van der Waals surface area contributed by atoms with E-state index in [2.05, 4.69) is 10.2 Å². The van der Waals surface area contributed by atoms with Crippen LogP contribution in [0.2, 0.25) is 0 Å². The third-order valence-electron chi connectivity index (χ3n) is 13.7. The Morgan fingerprint density at radius 3 is 2.22 bits per heavy atom. The molecule has 2 fully saturated rings. The van der Waals surface area contributed by atoms with E-state index >= 15 is 0 Å². The van der Waals surface area contributed by atoms with E-state index in [1.54, 1.807) is 46.8 Å². The number of phenols is 3. The van der Waals surface area contributed by atoms with Gasteiger partial charge in [0.15, 0.2) is 5.75 Å². The zero-order valence-corrected chi connectivity index (χ0v) is 38.5. The number of Topliss-reactive ketones (excluding diaryl/α,β-unsaturated/α-hetero) is 1. The molecule has 0 radical (unpaired) electrons. The number of aliphatic hydroxyl groups excluding tert-OH is 2. The molecule has 0 aromatic heterocycles. The van der Waals surface area contributed by atoms with Crippen LogP contribution >= 0.6 is 0 Å². The number of hydrogen-bond acceptors (Lipinski definition) is 15. The van der Waals surface area contributed by atoms with Crippen LogP contribution in [-0.2, 0) is 23.8 Å². The number of ether oxygens (including phenoxy) is 4. The SMILES string of the molecule is COC1/C=C/OC2(C)Oc3c(C)c(O)c4c(O)c(c(/C=N/N5CCC(N6CCCCC6)CC5)c(O)c4c3C2=O)NC(=O)C(C)=C/C=C/C(C)C(O)C(C)C(O)C(C)C(OC(C)=O)C1C. The molecule has 5 heterocycles. The Hall–Kier alpha value is -5.16. The highest BCUT2D eigenvalue weighted by Gasteiger charge is 2.50. The minimum atomic E-state index is -2.04. The summed E-state index contributed by atoms with van der Waals surface area (Å²) in [6.07, 6.45) is 10.4. The monoisotopic (exact) mass is 890 g/mol. The molecular formula is C48H66N4O12. The summed E-state index contributed by atoms with van der Waals surface area (Å²) in [4.78, 5) is 43.4. The van der Waals surface area contributed by atoms with Crippen molar-refractivity contribution in [1.82, 2.24) is 9.91 Å². The maximum atomic E-state index is 14.6. The van der Waals surface area contributed by atoms with Crippen LogP contribution < -0.4 is 10.1 Å². The van der Waals surface area contributed by atoms with Gasteiger partial charge in [0.2, 0.25) is 0 Å². The molecule has 2 saturated heterocycles. The predicted molar refractivity (Wildman–Crippen MR) is 241 cm³/mol. The van der Waals surface area contributed by atoms with Crippen LogP contribution in [0.15, 0.2) is 41.2 Å². The lowest BCUT2D eigenvalue weighted by atomic mass is 9.78. The number of hydrazone groups is 1. The third kappa shape index (κ3) is 9.60. The topological polar surface area (TPSA) is 220 Å². The average Bonchev–Trinajstić information content (AvgIpc) is 3.54. The molecule has 0 aliphatic carbocycles. The highest BCUT2D eigenvalue weighted by molar-refractivity contribution is 6.23. The summed E-state index contributed by atoms with van der Waals surface area (Å²) in [6, 6.07) is 0.442. The molecule has 1 amide bonds. The number of allylic oxidation sites excluding steroid dienone is 2. The number of rotatable bonds is 5. The Morgan fingerprint density at radius 2 is 1.58 bits per heavy atom. The van der Waals surface area contributed by atoms with Crippen molar-refractivity contribution in [3.63, 3.8) is 0 Å². The smallest absolute Gasteiger partial charge is 0.312 e. The molecule has 64 heavy (non-hydrogen) atoms. The molecule has 0 saturated carbocycles. The number of likely N-dealkylation sites (tertiary alicyclic amines) is 1. The first-order chi connectivity index (χ1) is 30.3. The Labute approximate surface area is 375 Å². The van der Waals surface area contributed by atoms with Crippen molar-refractivity contribution in [2.45, 2.75) is 124 Å². The average molecular weight is 891 g/mol.